The molecule has 2 fully saturated rings. The molecule has 0 amide bonds. The summed E-state index contributed by atoms with van der Waals surface area (Å²) in [7, 11) is 1.75. The lowest BCUT2D eigenvalue weighted by molar-refractivity contribution is 0.0300. The average molecular weight is 502 g/mol. The second kappa shape index (κ2) is 12.3. The number of aromatic nitrogens is 2. The van der Waals surface area contributed by atoms with Crippen LogP contribution in [0, 0.1) is 5.41 Å². The smallest absolute Gasteiger partial charge is 0.126 e. The Morgan fingerprint density at radius 2 is 1.86 bits per heavy atom. The molecule has 1 atom stereocenters. The number of halogens is 1. The molecule has 0 spiro atoms. The van der Waals surface area contributed by atoms with Crippen molar-refractivity contribution in [2.24, 2.45) is 5.41 Å². The van der Waals surface area contributed by atoms with Crippen molar-refractivity contribution in [1.82, 2.24) is 15.3 Å². The SMILES string of the molecule is COC[C@@H](C)NC1CCC(Nc2cc(-c3cncc(NCC4(C)CCOCC4)c3)c(Cl)cn2)CC1. The molecule has 1 saturated heterocycles. The fourth-order valence-electron chi connectivity index (χ4n) is 5.09. The molecule has 3 N–H and O–H groups in total. The Kier molecular flexibility index (Phi) is 9.22. The van der Waals surface area contributed by atoms with Gasteiger partial charge in [0.25, 0.3) is 0 Å². The first kappa shape index (κ1) is 26.1. The maximum Gasteiger partial charge on any atom is 0.126 e. The van der Waals surface area contributed by atoms with Crippen molar-refractivity contribution in [3.05, 3.63) is 35.7 Å². The van der Waals surface area contributed by atoms with Crippen LogP contribution in [0.15, 0.2) is 30.7 Å². The van der Waals surface area contributed by atoms with Crippen LogP contribution in [0.5, 0.6) is 0 Å². The van der Waals surface area contributed by atoms with Crippen LogP contribution in [0.2, 0.25) is 5.02 Å². The van der Waals surface area contributed by atoms with Crippen molar-refractivity contribution in [2.75, 3.05) is 44.1 Å². The molecule has 2 aromatic heterocycles. The van der Waals surface area contributed by atoms with Crippen LogP contribution in [0.3, 0.4) is 0 Å². The molecular formula is C27H40ClN5O2. The zero-order valence-electron chi connectivity index (χ0n) is 21.3. The van der Waals surface area contributed by atoms with Crippen LogP contribution in [0.4, 0.5) is 11.5 Å². The predicted molar refractivity (Wildman–Crippen MR) is 143 cm³/mol. The molecule has 0 aromatic carbocycles. The first-order valence-electron chi connectivity index (χ1n) is 12.9. The Labute approximate surface area is 214 Å². The summed E-state index contributed by atoms with van der Waals surface area (Å²) in [5.41, 5.74) is 3.19. The maximum atomic E-state index is 6.57. The molecule has 35 heavy (non-hydrogen) atoms. The van der Waals surface area contributed by atoms with Gasteiger partial charge in [0, 0.05) is 74.7 Å². The molecule has 1 saturated carbocycles. The van der Waals surface area contributed by atoms with E-state index in [1.807, 2.05) is 18.5 Å². The first-order chi connectivity index (χ1) is 16.9. The lowest BCUT2D eigenvalue weighted by atomic mass is 9.82. The zero-order valence-corrected chi connectivity index (χ0v) is 22.0. The number of rotatable bonds is 10. The summed E-state index contributed by atoms with van der Waals surface area (Å²) >= 11 is 6.57. The molecule has 3 heterocycles. The molecule has 192 valence electrons. The summed E-state index contributed by atoms with van der Waals surface area (Å²) in [5, 5.41) is 11.5. The third-order valence-electron chi connectivity index (χ3n) is 7.34. The lowest BCUT2D eigenvalue weighted by Gasteiger charge is -2.33. The van der Waals surface area contributed by atoms with Crippen molar-refractivity contribution in [2.45, 2.75) is 70.5 Å². The number of pyridine rings is 2. The van der Waals surface area contributed by atoms with Crippen LogP contribution in [0.25, 0.3) is 11.1 Å². The van der Waals surface area contributed by atoms with Crippen molar-refractivity contribution < 1.29 is 9.47 Å². The van der Waals surface area contributed by atoms with Gasteiger partial charge in [-0.25, -0.2) is 4.98 Å². The van der Waals surface area contributed by atoms with Crippen LogP contribution in [-0.2, 0) is 9.47 Å². The standard InChI is InChI=1S/C27H40ClN5O2/c1-19(17-34-3)32-21-4-6-22(7-5-21)33-26-13-24(25(28)16-30-26)20-12-23(15-29-14-20)31-18-27(2)8-10-35-11-9-27/h12-16,19,21-22,31-32H,4-11,17-18H2,1-3H3,(H,30,33)/t19-,21?,22?/m1/s1. The van der Waals surface area contributed by atoms with Gasteiger partial charge in [0.05, 0.1) is 17.3 Å². The summed E-state index contributed by atoms with van der Waals surface area (Å²) in [6.45, 7) is 7.82. The zero-order chi connectivity index (χ0) is 24.7. The quantitative estimate of drug-likeness (QED) is 0.403. The molecule has 0 bridgehead atoms. The van der Waals surface area contributed by atoms with Crippen LogP contribution < -0.4 is 16.0 Å². The minimum atomic E-state index is 0.246. The van der Waals surface area contributed by atoms with Gasteiger partial charge < -0.3 is 25.4 Å². The highest BCUT2D eigenvalue weighted by molar-refractivity contribution is 6.33. The third kappa shape index (κ3) is 7.53. The molecule has 8 heteroatoms. The minimum Gasteiger partial charge on any atom is -0.383 e. The number of ether oxygens (including phenoxy) is 2. The van der Waals surface area contributed by atoms with Gasteiger partial charge >= 0.3 is 0 Å². The molecule has 0 unspecified atom stereocenters. The number of methoxy groups -OCH3 is 1. The van der Waals surface area contributed by atoms with E-state index in [9.17, 15) is 0 Å². The Balaban J connectivity index is 1.36. The molecule has 0 radical (unpaired) electrons. The van der Waals surface area contributed by atoms with Gasteiger partial charge in [-0.15, -0.1) is 0 Å². The number of anilines is 2. The van der Waals surface area contributed by atoms with E-state index in [1.165, 1.54) is 0 Å². The molecule has 1 aliphatic carbocycles. The highest BCUT2D eigenvalue weighted by Crippen LogP contribution is 2.33. The normalized spacial score (nSPS) is 23.0. The van der Waals surface area contributed by atoms with E-state index in [1.54, 1.807) is 13.3 Å². The van der Waals surface area contributed by atoms with Crippen molar-refractivity contribution in [1.29, 1.82) is 0 Å². The van der Waals surface area contributed by atoms with E-state index in [2.05, 4.69) is 45.8 Å². The summed E-state index contributed by atoms with van der Waals surface area (Å²) in [6.07, 6.45) is 12.1. The summed E-state index contributed by atoms with van der Waals surface area (Å²) in [5.74, 6) is 0.863. The molecule has 2 aliphatic rings. The van der Waals surface area contributed by atoms with Crippen molar-refractivity contribution >= 4 is 23.1 Å². The lowest BCUT2D eigenvalue weighted by Crippen LogP contribution is -2.42. The Hall–Kier alpha value is -1.93. The number of hydrogen-bond donors (Lipinski definition) is 3. The van der Waals surface area contributed by atoms with Gasteiger partial charge in [0.1, 0.15) is 5.82 Å². The predicted octanol–water partition coefficient (Wildman–Crippen LogP) is 5.37. The van der Waals surface area contributed by atoms with E-state index in [0.717, 1.165) is 87.5 Å². The third-order valence-corrected chi connectivity index (χ3v) is 7.64. The Morgan fingerprint density at radius 3 is 2.60 bits per heavy atom. The minimum absolute atomic E-state index is 0.246. The average Bonchev–Trinajstić information content (AvgIpc) is 2.86. The van der Waals surface area contributed by atoms with Crippen molar-refractivity contribution in [3.63, 3.8) is 0 Å². The van der Waals surface area contributed by atoms with Crippen LogP contribution in [0.1, 0.15) is 52.4 Å². The van der Waals surface area contributed by atoms with Gasteiger partial charge in [-0.2, -0.15) is 0 Å². The number of nitrogens with zero attached hydrogens (tertiary/aromatic N) is 2. The molecular weight excluding hydrogens is 462 g/mol. The van der Waals surface area contributed by atoms with Gasteiger partial charge in [-0.1, -0.05) is 18.5 Å². The monoisotopic (exact) mass is 501 g/mol. The van der Waals surface area contributed by atoms with E-state index in [4.69, 9.17) is 21.1 Å². The molecule has 2 aromatic rings. The van der Waals surface area contributed by atoms with E-state index >= 15 is 0 Å². The van der Waals surface area contributed by atoms with Gasteiger partial charge in [-0.05, 0) is 63.0 Å². The molecule has 1 aliphatic heterocycles. The summed E-state index contributed by atoms with van der Waals surface area (Å²) in [4.78, 5) is 9.03. The highest BCUT2D eigenvalue weighted by Gasteiger charge is 2.27. The Morgan fingerprint density at radius 1 is 1.11 bits per heavy atom. The van der Waals surface area contributed by atoms with Gasteiger partial charge in [0.2, 0.25) is 0 Å². The van der Waals surface area contributed by atoms with Gasteiger partial charge in [-0.3, -0.25) is 4.98 Å². The Bertz CT molecular complexity index is 945. The topological polar surface area (TPSA) is 80.3 Å². The van der Waals surface area contributed by atoms with E-state index in [0.29, 0.717) is 23.1 Å². The van der Waals surface area contributed by atoms with E-state index < -0.39 is 0 Å². The van der Waals surface area contributed by atoms with Crippen molar-refractivity contribution in [3.8, 4) is 11.1 Å². The molecule has 7 nitrogen and oxygen atoms in total. The summed E-state index contributed by atoms with van der Waals surface area (Å²) < 4.78 is 10.8. The fourth-order valence-corrected chi connectivity index (χ4v) is 5.31. The van der Waals surface area contributed by atoms with Gasteiger partial charge in [0.15, 0.2) is 0 Å². The second-order valence-corrected chi connectivity index (χ2v) is 10.9. The largest absolute Gasteiger partial charge is 0.383 e. The summed E-state index contributed by atoms with van der Waals surface area (Å²) in [6, 6.07) is 5.52. The molecule has 4 rings (SSSR count). The van der Waals surface area contributed by atoms with Crippen LogP contribution >= 0.6 is 11.6 Å². The first-order valence-corrected chi connectivity index (χ1v) is 13.3. The number of nitrogens with one attached hydrogen (secondary N) is 3. The second-order valence-electron chi connectivity index (χ2n) is 10.5. The fraction of sp³-hybridized carbons (Fsp3) is 0.630. The number of hydrogen-bond acceptors (Lipinski definition) is 7. The van der Waals surface area contributed by atoms with Crippen LogP contribution in [-0.4, -0.2) is 61.6 Å². The van der Waals surface area contributed by atoms with E-state index in [-0.39, 0.29) is 5.41 Å². The highest BCUT2D eigenvalue weighted by atomic mass is 35.5. The maximum absolute atomic E-state index is 6.57.